The molecule has 6 heteroatoms. The van der Waals surface area contributed by atoms with E-state index in [1.54, 1.807) is 30.5 Å². The molecule has 0 aliphatic carbocycles. The van der Waals surface area contributed by atoms with Crippen LogP contribution in [0.4, 0.5) is 0 Å². The molecule has 3 aliphatic rings. The number of pyridine rings is 1. The highest BCUT2D eigenvalue weighted by Gasteiger charge is 2.26. The zero-order valence-electron chi connectivity index (χ0n) is 39.2. The van der Waals surface area contributed by atoms with Crippen molar-refractivity contribution in [2.45, 2.75) is 13.7 Å². The minimum atomic E-state index is -2.52. The molecule has 3 aromatic heterocycles. The third kappa shape index (κ3) is 5.87. The third-order valence-corrected chi connectivity index (χ3v) is 11.8. The first-order valence-electron chi connectivity index (χ1n) is 23.4. The van der Waals surface area contributed by atoms with Gasteiger partial charge in [-0.1, -0.05) is 103 Å². The smallest absolute Gasteiger partial charge is 0.255 e. The zero-order valence-corrected chi connectivity index (χ0v) is 33.2. The predicted octanol–water partition coefficient (Wildman–Crippen LogP) is 13.9. The number of hydrogen-bond donors (Lipinski definition) is 0. The molecule has 0 saturated carbocycles. The van der Waals surface area contributed by atoms with Crippen molar-refractivity contribution in [2.75, 3.05) is 0 Å². The molecule has 10 bridgehead atoms. The highest BCUT2D eigenvalue weighted by atomic mass is 16.5. The molecule has 0 unspecified atom stereocenters. The van der Waals surface area contributed by atoms with Crippen molar-refractivity contribution in [2.24, 2.45) is 0 Å². The maximum absolute atomic E-state index is 8.74. The van der Waals surface area contributed by atoms with E-state index < -0.39 is 13.7 Å². The van der Waals surface area contributed by atoms with Crippen molar-refractivity contribution in [1.82, 2.24) is 14.1 Å². The molecule has 3 aliphatic heterocycles. The summed E-state index contributed by atoms with van der Waals surface area (Å²) in [6.45, 7) is -4.86. The van der Waals surface area contributed by atoms with Gasteiger partial charge >= 0.3 is 0 Å². The topological polar surface area (TPSA) is 45.1 Å². The fourth-order valence-corrected chi connectivity index (χ4v) is 8.91. The highest BCUT2D eigenvalue weighted by molar-refractivity contribution is 6.09. The molecule has 0 saturated heterocycles. The average Bonchev–Trinajstić information content (AvgIpc) is 3.89. The van der Waals surface area contributed by atoms with Gasteiger partial charge in [-0.25, -0.2) is 4.98 Å². The minimum Gasteiger partial charge on any atom is -0.457 e. The molecule has 0 amide bonds. The molecule has 0 spiro atoms. The molecular formula is C56H39N4O2+. The Morgan fingerprint density at radius 2 is 1.29 bits per heavy atom. The number of aryl methyl sites for hydroxylation is 2. The maximum atomic E-state index is 8.74. The summed E-state index contributed by atoms with van der Waals surface area (Å²) in [4.78, 5) is 4.92. The molecule has 14 rings (SSSR count). The predicted molar refractivity (Wildman–Crippen MR) is 249 cm³/mol. The van der Waals surface area contributed by atoms with Crippen molar-refractivity contribution in [1.29, 1.82) is 0 Å². The van der Waals surface area contributed by atoms with E-state index >= 15 is 0 Å². The van der Waals surface area contributed by atoms with E-state index in [0.29, 0.717) is 56.4 Å². The third-order valence-electron chi connectivity index (χ3n) is 11.8. The summed E-state index contributed by atoms with van der Waals surface area (Å²) in [5.74, 6) is 2.67. The Kier molecular flexibility index (Phi) is 6.86. The van der Waals surface area contributed by atoms with Gasteiger partial charge in [0.15, 0.2) is 11.0 Å². The number of para-hydroxylation sites is 4. The first kappa shape index (κ1) is 29.9. The number of rotatable bonds is 1. The van der Waals surface area contributed by atoms with Gasteiger partial charge in [0, 0.05) is 59.6 Å². The second-order valence-corrected chi connectivity index (χ2v) is 15.5. The van der Waals surface area contributed by atoms with Crippen LogP contribution < -0.4 is 14.0 Å². The number of benzene rings is 8. The van der Waals surface area contributed by atoms with Gasteiger partial charge in [-0.05, 0) is 109 Å². The maximum Gasteiger partial charge on any atom is 0.255 e. The normalized spacial score (nSPS) is 13.8. The van der Waals surface area contributed by atoms with Gasteiger partial charge in [0.25, 0.3) is 6.33 Å². The minimum absolute atomic E-state index is 0.109. The van der Waals surface area contributed by atoms with Crippen molar-refractivity contribution < 1.29 is 22.3 Å². The quantitative estimate of drug-likeness (QED) is 0.155. The van der Waals surface area contributed by atoms with Gasteiger partial charge in [-0.3, -0.25) is 4.57 Å². The first-order valence-corrected chi connectivity index (χ1v) is 20.4. The van der Waals surface area contributed by atoms with Crippen LogP contribution >= 0.6 is 0 Å². The first-order chi connectivity index (χ1) is 33.0. The van der Waals surface area contributed by atoms with Gasteiger partial charge < -0.3 is 9.47 Å². The number of hydrogen-bond acceptors (Lipinski definition) is 3. The molecule has 0 fully saturated rings. The lowest BCUT2D eigenvalue weighted by atomic mass is 9.95. The zero-order chi connectivity index (χ0) is 46.3. The monoisotopic (exact) mass is 805 g/mol. The fourth-order valence-electron chi connectivity index (χ4n) is 8.91. The second kappa shape index (κ2) is 14.2. The van der Waals surface area contributed by atoms with E-state index in [4.69, 9.17) is 22.7 Å². The van der Waals surface area contributed by atoms with Crippen LogP contribution in [0.25, 0.3) is 83.4 Å². The van der Waals surface area contributed by atoms with Crippen LogP contribution in [-0.2, 0) is 0 Å². The summed E-state index contributed by atoms with van der Waals surface area (Å²) < 4.78 is 70.5. The van der Waals surface area contributed by atoms with Crippen LogP contribution in [-0.4, -0.2) is 14.1 Å². The van der Waals surface area contributed by atoms with E-state index in [-0.39, 0.29) is 11.1 Å². The van der Waals surface area contributed by atoms with Crippen LogP contribution in [0.3, 0.4) is 0 Å². The summed E-state index contributed by atoms with van der Waals surface area (Å²) in [5, 5.41) is 1.44. The molecule has 8 aromatic carbocycles. The fraction of sp³-hybridized carbons (Fsp3) is 0.0357. The van der Waals surface area contributed by atoms with Crippen molar-refractivity contribution >= 4 is 32.8 Å². The van der Waals surface area contributed by atoms with Crippen LogP contribution in [0, 0.1) is 13.7 Å². The standard InChI is InChI=1S/C56H39N4O2/c1-36-22-29-50-48(30-36)45-28-27-43-33-53(45)60(50)55-31-37(2)49(34-57-55)39-23-25-41(26-24-39)62-54-21-9-6-16-46(54)47-18-11-17-44(38-12-4-3-5-13-38)56(47)59-35-58(51-19-7-8-20-52(51)59)40-14-10-15-42(32-40)61-43/h3-35H,1-2H3/q+1/i1D3,2D3. The number of aromatic nitrogens is 4. The van der Waals surface area contributed by atoms with E-state index in [0.717, 1.165) is 50.0 Å². The lowest BCUT2D eigenvalue weighted by molar-refractivity contribution is -0.566. The molecule has 0 radical (unpaired) electrons. The highest BCUT2D eigenvalue weighted by Crippen LogP contribution is 2.41. The van der Waals surface area contributed by atoms with Gasteiger partial charge in [0.05, 0.1) is 11.0 Å². The SMILES string of the molecule is [2H]C([2H])([2H])c1ccc2c(c1)c1ccc3cc1n2-c1cc(C([2H])([2H])[2H])c(cn1)-c1ccc(cc1)Oc1ccccc1-c1cccc(-c2ccccc2)c1-[n+]1cn(c2ccccc21)-c1cccc(c1)O3. The summed E-state index contributed by atoms with van der Waals surface area (Å²) in [6.07, 6.45) is 3.72. The Bertz CT molecular complexity index is 3780. The van der Waals surface area contributed by atoms with Crippen LogP contribution in [0.2, 0.25) is 0 Å². The Morgan fingerprint density at radius 1 is 0.516 bits per heavy atom. The lowest BCUT2D eigenvalue weighted by Gasteiger charge is -2.16. The second-order valence-electron chi connectivity index (χ2n) is 15.5. The van der Waals surface area contributed by atoms with Crippen molar-refractivity contribution in [3.8, 4) is 73.6 Å². The average molecular weight is 806 g/mol. The van der Waals surface area contributed by atoms with E-state index in [1.807, 2.05) is 114 Å². The number of ether oxygens (including phenoxy) is 2. The Labute approximate surface area is 367 Å². The lowest BCUT2D eigenvalue weighted by Crippen LogP contribution is -2.31. The molecule has 0 atom stereocenters. The molecule has 6 heterocycles. The number of imidazole rings is 1. The Morgan fingerprint density at radius 3 is 2.19 bits per heavy atom. The summed E-state index contributed by atoms with van der Waals surface area (Å²) in [6, 6.07) is 60.6. The molecule has 294 valence electrons. The summed E-state index contributed by atoms with van der Waals surface area (Å²) in [7, 11) is 0. The van der Waals surface area contributed by atoms with Gasteiger partial charge in [0.1, 0.15) is 40.2 Å². The molecule has 6 nitrogen and oxygen atoms in total. The van der Waals surface area contributed by atoms with Gasteiger partial charge in [-0.2, -0.15) is 9.13 Å². The molecule has 62 heavy (non-hydrogen) atoms. The van der Waals surface area contributed by atoms with E-state index in [2.05, 4.69) is 70.1 Å². The molecule has 0 N–H and O–H groups in total. The Hall–Kier alpha value is -8.22. The Balaban J connectivity index is 1.13. The summed E-state index contributed by atoms with van der Waals surface area (Å²) >= 11 is 0. The molecular weight excluding hydrogens is 761 g/mol. The van der Waals surface area contributed by atoms with Crippen LogP contribution in [0.1, 0.15) is 19.4 Å². The number of fused-ring (bicyclic) bond motifs is 5. The van der Waals surface area contributed by atoms with Crippen molar-refractivity contribution in [3.05, 3.63) is 212 Å². The van der Waals surface area contributed by atoms with E-state index in [9.17, 15) is 0 Å². The van der Waals surface area contributed by atoms with Gasteiger partial charge in [0.2, 0.25) is 0 Å². The largest absolute Gasteiger partial charge is 0.457 e. The van der Waals surface area contributed by atoms with E-state index in [1.165, 1.54) is 0 Å². The van der Waals surface area contributed by atoms with Crippen LogP contribution in [0.15, 0.2) is 201 Å². The van der Waals surface area contributed by atoms with Crippen molar-refractivity contribution in [3.63, 3.8) is 0 Å². The summed E-state index contributed by atoms with van der Waals surface area (Å²) in [5.41, 5.74) is 10.4. The number of nitrogens with zero attached hydrogens (tertiary/aromatic N) is 4. The van der Waals surface area contributed by atoms with Gasteiger partial charge in [-0.15, -0.1) is 0 Å². The van der Waals surface area contributed by atoms with Crippen LogP contribution in [0.5, 0.6) is 23.0 Å². The molecule has 11 aromatic rings.